The highest BCUT2D eigenvalue weighted by Gasteiger charge is 2.42. The third kappa shape index (κ3) is 9.92. The van der Waals surface area contributed by atoms with Crippen LogP contribution in [-0.2, 0) is 38.7 Å². The third-order valence-corrected chi connectivity index (χ3v) is 13.9. The first kappa shape index (κ1) is 45.3. The molecule has 18 nitrogen and oxygen atoms in total. The summed E-state index contributed by atoms with van der Waals surface area (Å²) in [6.45, 7) is 4.99. The lowest BCUT2D eigenvalue weighted by Gasteiger charge is -2.38. The fourth-order valence-electron chi connectivity index (χ4n) is 9.49. The van der Waals surface area contributed by atoms with Gasteiger partial charge in [0, 0.05) is 116 Å². The summed E-state index contributed by atoms with van der Waals surface area (Å²) in [6.07, 6.45) is 7.46. The number of piperidine rings is 2. The highest BCUT2D eigenvalue weighted by atomic mass is 32.1. The molecule has 0 spiro atoms. The van der Waals surface area contributed by atoms with Gasteiger partial charge in [-0.15, -0.1) is 11.3 Å². The number of rotatable bonds is 11. The van der Waals surface area contributed by atoms with Crippen molar-refractivity contribution in [1.29, 1.82) is 0 Å². The van der Waals surface area contributed by atoms with E-state index in [-0.39, 0.29) is 59.1 Å². The van der Waals surface area contributed by atoms with E-state index in [1.54, 1.807) is 30.0 Å². The Morgan fingerprint density at radius 1 is 0.899 bits per heavy atom. The van der Waals surface area contributed by atoms with Gasteiger partial charge in [-0.25, -0.2) is 19.3 Å². The lowest BCUT2D eigenvalue weighted by molar-refractivity contribution is -0.139. The molecule has 20 heteroatoms. The second-order valence-electron chi connectivity index (χ2n) is 17.6. The van der Waals surface area contributed by atoms with Gasteiger partial charge < -0.3 is 29.3 Å². The Kier molecular flexibility index (Phi) is 12.9. The molecule has 0 unspecified atom stereocenters. The van der Waals surface area contributed by atoms with Gasteiger partial charge in [0.2, 0.25) is 11.8 Å². The summed E-state index contributed by atoms with van der Waals surface area (Å²) in [5, 5.41) is 10.3. The normalized spacial score (nSPS) is 18.8. The number of amides is 6. The Morgan fingerprint density at radius 2 is 1.70 bits per heavy atom. The molecule has 0 bridgehead atoms. The van der Waals surface area contributed by atoms with E-state index >= 15 is 4.39 Å². The van der Waals surface area contributed by atoms with Crippen molar-refractivity contribution in [1.82, 2.24) is 44.9 Å². The van der Waals surface area contributed by atoms with Crippen LogP contribution in [-0.4, -0.2) is 128 Å². The summed E-state index contributed by atoms with van der Waals surface area (Å²) >= 11 is 1.25. The van der Waals surface area contributed by atoms with Crippen molar-refractivity contribution in [2.24, 2.45) is 0 Å². The molecule has 6 amide bonds. The van der Waals surface area contributed by atoms with Crippen LogP contribution in [0.25, 0.3) is 0 Å². The highest BCUT2D eigenvalue weighted by molar-refractivity contribution is 7.13. The number of nitrogens with zero attached hydrogens (tertiary/aromatic N) is 8. The van der Waals surface area contributed by atoms with Gasteiger partial charge in [0.05, 0.1) is 25.1 Å². The van der Waals surface area contributed by atoms with E-state index in [0.717, 1.165) is 50.5 Å². The number of benzene rings is 2. The van der Waals surface area contributed by atoms with Gasteiger partial charge in [-0.3, -0.25) is 44.3 Å². The number of thiazole rings is 1. The van der Waals surface area contributed by atoms with E-state index in [1.807, 2.05) is 33.7 Å². The van der Waals surface area contributed by atoms with Gasteiger partial charge >= 0.3 is 0 Å². The number of pyridine rings is 1. The van der Waals surface area contributed by atoms with E-state index in [9.17, 15) is 28.8 Å². The largest absolute Gasteiger partial charge is 0.481 e. The van der Waals surface area contributed by atoms with Crippen LogP contribution >= 0.6 is 11.3 Å². The molecule has 8 heterocycles. The van der Waals surface area contributed by atoms with Crippen molar-refractivity contribution in [2.45, 2.75) is 69.8 Å². The van der Waals surface area contributed by atoms with Crippen molar-refractivity contribution < 1.29 is 37.9 Å². The predicted molar refractivity (Wildman–Crippen MR) is 249 cm³/mol. The SMILES string of the molecule is O=C1CC[C@@H](Oc2ccc(N3CCN(CC(=O)N4CCC(NC(=O)c5ccc(C#Cc6cc(F)c7c(c6)C(=O)N([C@@H](C(=O)Nc6nccs6)c6ncn8c6CCC8)C7)cn5)CC4)CC3)cc2)C(=O)N1. The summed E-state index contributed by atoms with van der Waals surface area (Å²) < 4.78 is 23.5. The molecule has 3 aromatic heterocycles. The standard InChI is InChI=1S/C49H48FN11O7S/c50-37-25-31(24-35-36(37)27-61(48(35)67)44(47(66)56-49-51-15-23-69-49)43-39-2-1-16-60(39)29-53-43)4-3-30-5-10-38(52-26-30)45(64)54-32-13-17-59(18-14-32)42(63)28-57-19-21-58(22-20-57)33-6-8-34(9-7-33)68-40-11-12-41(62)55-46(40)65/h5-10,15,23-26,29,32,40,44H,1-2,11-14,16-22,27-28H2,(H,54,64)(H,51,56,66)(H,55,62,65)/t40-,44-/m1/s1. The minimum atomic E-state index is -1.10. The van der Waals surface area contributed by atoms with Crippen molar-refractivity contribution in [3.63, 3.8) is 0 Å². The zero-order valence-corrected chi connectivity index (χ0v) is 38.3. The molecule has 69 heavy (non-hydrogen) atoms. The number of imidazole rings is 1. The molecule has 2 atom stereocenters. The number of aryl methyl sites for hydroxylation is 1. The van der Waals surface area contributed by atoms with E-state index in [2.05, 4.69) is 52.5 Å². The molecule has 3 saturated heterocycles. The molecule has 5 aliphatic heterocycles. The van der Waals surface area contributed by atoms with Crippen molar-refractivity contribution in [2.75, 3.05) is 56.0 Å². The van der Waals surface area contributed by atoms with Gasteiger partial charge in [-0.1, -0.05) is 11.8 Å². The molecule has 0 aliphatic carbocycles. The van der Waals surface area contributed by atoms with Crippen molar-refractivity contribution >= 4 is 57.6 Å². The van der Waals surface area contributed by atoms with Crippen LogP contribution in [0.3, 0.4) is 0 Å². The zero-order valence-electron chi connectivity index (χ0n) is 37.5. The molecular formula is C49H48FN11O7S. The van der Waals surface area contributed by atoms with Crippen LogP contribution in [0.2, 0.25) is 0 Å². The van der Waals surface area contributed by atoms with Gasteiger partial charge in [-0.05, 0) is 74.2 Å². The Balaban J connectivity index is 0.684. The summed E-state index contributed by atoms with van der Waals surface area (Å²) in [4.78, 5) is 98.4. The van der Waals surface area contributed by atoms with Crippen LogP contribution in [0.4, 0.5) is 15.2 Å². The molecule has 10 rings (SSSR count). The summed E-state index contributed by atoms with van der Waals surface area (Å²) in [5.41, 5.74) is 3.62. The minimum absolute atomic E-state index is 0.0620. The Bertz CT molecular complexity index is 2860. The molecule has 2 aromatic carbocycles. The van der Waals surface area contributed by atoms with Gasteiger partial charge in [0.25, 0.3) is 23.6 Å². The van der Waals surface area contributed by atoms with Crippen molar-refractivity contribution in [3.8, 4) is 17.6 Å². The molecule has 0 radical (unpaired) electrons. The molecule has 354 valence electrons. The second kappa shape index (κ2) is 19.6. The number of likely N-dealkylation sites (tertiary alicyclic amines) is 1. The third-order valence-electron chi connectivity index (χ3n) is 13.2. The Morgan fingerprint density at radius 3 is 2.43 bits per heavy atom. The lowest BCUT2D eigenvalue weighted by atomic mass is 10.0. The monoisotopic (exact) mass is 953 g/mol. The zero-order chi connectivity index (χ0) is 47.6. The number of halogens is 1. The molecular weight excluding hydrogens is 906 g/mol. The Labute approximate surface area is 400 Å². The molecule has 5 aromatic rings. The predicted octanol–water partition coefficient (Wildman–Crippen LogP) is 3.28. The van der Waals surface area contributed by atoms with Crippen LogP contribution in [0, 0.1) is 17.7 Å². The molecule has 5 aliphatic rings. The number of piperazine rings is 1. The second-order valence-corrected chi connectivity index (χ2v) is 18.5. The van der Waals surface area contributed by atoms with E-state index in [4.69, 9.17) is 4.74 Å². The van der Waals surface area contributed by atoms with E-state index < -0.39 is 35.7 Å². The van der Waals surface area contributed by atoms with Crippen LogP contribution in [0.5, 0.6) is 5.75 Å². The maximum atomic E-state index is 15.7. The smallest absolute Gasteiger partial charge is 0.270 e. The number of ether oxygens (including phenoxy) is 1. The topological polar surface area (TPSA) is 204 Å². The number of aromatic nitrogens is 4. The van der Waals surface area contributed by atoms with E-state index in [0.29, 0.717) is 67.5 Å². The van der Waals surface area contributed by atoms with Crippen LogP contribution < -0.4 is 25.6 Å². The first-order valence-electron chi connectivity index (χ1n) is 23.0. The number of hydrogen-bond acceptors (Lipinski definition) is 13. The van der Waals surface area contributed by atoms with Crippen LogP contribution in [0.1, 0.15) is 87.1 Å². The number of nitrogens with one attached hydrogen (secondary N) is 3. The number of anilines is 2. The fraction of sp³-hybridized carbons (Fsp3) is 0.367. The minimum Gasteiger partial charge on any atom is -0.481 e. The quantitative estimate of drug-likeness (QED) is 0.129. The van der Waals surface area contributed by atoms with Gasteiger partial charge in [0.1, 0.15) is 17.3 Å². The average Bonchev–Trinajstić information content (AvgIpc) is 4.18. The first-order valence-corrected chi connectivity index (χ1v) is 23.9. The number of imide groups is 1. The molecule has 3 N–H and O–H groups in total. The number of carbonyl (C=O) groups is 6. The van der Waals surface area contributed by atoms with Crippen molar-refractivity contribution in [3.05, 3.63) is 118 Å². The fourth-order valence-corrected chi connectivity index (χ4v) is 10.0. The Hall–Kier alpha value is -7.50. The maximum absolute atomic E-state index is 15.7. The van der Waals surface area contributed by atoms with Crippen LogP contribution in [0.15, 0.2) is 72.6 Å². The first-order chi connectivity index (χ1) is 33.5. The average molecular weight is 954 g/mol. The van der Waals surface area contributed by atoms with E-state index in [1.165, 1.54) is 34.6 Å². The van der Waals surface area contributed by atoms with Gasteiger partial charge in [-0.2, -0.15) is 0 Å². The number of fused-ring (bicyclic) bond motifs is 2. The molecule has 3 fully saturated rings. The van der Waals surface area contributed by atoms with Gasteiger partial charge in [0.15, 0.2) is 17.3 Å². The summed E-state index contributed by atoms with van der Waals surface area (Å²) in [5.74, 6) is 3.87. The number of carbonyl (C=O) groups excluding carboxylic acids is 6. The summed E-state index contributed by atoms with van der Waals surface area (Å²) in [7, 11) is 0. The highest BCUT2D eigenvalue weighted by Crippen LogP contribution is 2.36. The number of hydrogen-bond donors (Lipinski definition) is 3. The lowest BCUT2D eigenvalue weighted by Crippen LogP contribution is -2.52. The molecule has 0 saturated carbocycles. The maximum Gasteiger partial charge on any atom is 0.270 e. The summed E-state index contributed by atoms with van der Waals surface area (Å²) in [6, 6.07) is 12.4.